The van der Waals surface area contributed by atoms with Crippen LogP contribution in [0.2, 0.25) is 0 Å². The zero-order chi connectivity index (χ0) is 16.2. The van der Waals surface area contributed by atoms with Crippen molar-refractivity contribution < 1.29 is 4.79 Å². The van der Waals surface area contributed by atoms with Gasteiger partial charge in [-0.1, -0.05) is 0 Å². The number of thiazole rings is 1. The number of nitrogens with zero attached hydrogens (tertiary/aromatic N) is 1. The van der Waals surface area contributed by atoms with Crippen LogP contribution in [0.3, 0.4) is 0 Å². The highest BCUT2D eigenvalue weighted by Gasteiger charge is 2.19. The molecule has 2 N–H and O–H groups in total. The summed E-state index contributed by atoms with van der Waals surface area (Å²) in [5.74, 6) is 0.701. The van der Waals surface area contributed by atoms with Gasteiger partial charge in [-0.15, -0.1) is 22.7 Å². The van der Waals surface area contributed by atoms with Crippen LogP contribution in [0.5, 0.6) is 0 Å². The summed E-state index contributed by atoms with van der Waals surface area (Å²) in [4.78, 5) is 19.1. The van der Waals surface area contributed by atoms with E-state index in [1.54, 1.807) is 22.7 Å². The van der Waals surface area contributed by atoms with E-state index < -0.39 is 0 Å². The van der Waals surface area contributed by atoms with Gasteiger partial charge in [0.2, 0.25) is 0 Å². The van der Waals surface area contributed by atoms with Crippen molar-refractivity contribution in [2.45, 2.75) is 39.7 Å². The molecule has 3 rings (SSSR count). The fourth-order valence-corrected chi connectivity index (χ4v) is 4.74. The molecule has 2 aromatic heterocycles. The van der Waals surface area contributed by atoms with E-state index in [2.05, 4.69) is 34.0 Å². The number of thiophene rings is 1. The number of piperidine rings is 1. The molecule has 1 fully saturated rings. The highest BCUT2D eigenvalue weighted by Crippen LogP contribution is 2.24. The zero-order valence-electron chi connectivity index (χ0n) is 13.6. The first kappa shape index (κ1) is 16.6. The lowest BCUT2D eigenvalue weighted by molar-refractivity contribution is 0.0954. The molecule has 4 nitrogen and oxygen atoms in total. The third-order valence-electron chi connectivity index (χ3n) is 4.21. The van der Waals surface area contributed by atoms with Crippen LogP contribution in [0, 0.1) is 19.8 Å². The van der Waals surface area contributed by atoms with Crippen molar-refractivity contribution in [3.8, 4) is 0 Å². The second-order valence-corrected chi connectivity index (χ2v) is 8.37. The van der Waals surface area contributed by atoms with Crippen LogP contribution in [0.15, 0.2) is 11.4 Å². The monoisotopic (exact) mass is 349 g/mol. The summed E-state index contributed by atoms with van der Waals surface area (Å²) in [6.07, 6.45) is 3.42. The van der Waals surface area contributed by atoms with Crippen molar-refractivity contribution in [3.05, 3.63) is 37.5 Å². The van der Waals surface area contributed by atoms with E-state index in [1.165, 1.54) is 17.7 Å². The Hall–Kier alpha value is -1.24. The fourth-order valence-electron chi connectivity index (χ4n) is 2.94. The van der Waals surface area contributed by atoms with E-state index in [0.29, 0.717) is 12.5 Å². The third-order valence-corrected chi connectivity index (χ3v) is 6.30. The van der Waals surface area contributed by atoms with Crippen LogP contribution in [0.1, 0.15) is 43.7 Å². The largest absolute Gasteiger partial charge is 0.347 e. The Morgan fingerprint density at radius 2 is 2.17 bits per heavy atom. The van der Waals surface area contributed by atoms with Gasteiger partial charge in [-0.05, 0) is 62.7 Å². The van der Waals surface area contributed by atoms with Crippen LogP contribution in [-0.2, 0) is 13.0 Å². The summed E-state index contributed by atoms with van der Waals surface area (Å²) >= 11 is 3.27. The van der Waals surface area contributed by atoms with E-state index in [9.17, 15) is 4.79 Å². The number of nitrogens with one attached hydrogen (secondary N) is 2. The van der Waals surface area contributed by atoms with Gasteiger partial charge in [-0.2, -0.15) is 0 Å². The maximum atomic E-state index is 12.4. The van der Waals surface area contributed by atoms with Crippen molar-refractivity contribution in [2.75, 3.05) is 13.1 Å². The minimum Gasteiger partial charge on any atom is -0.347 e. The highest BCUT2D eigenvalue weighted by molar-refractivity contribution is 7.13. The van der Waals surface area contributed by atoms with Crippen molar-refractivity contribution in [1.82, 2.24) is 15.6 Å². The van der Waals surface area contributed by atoms with Crippen LogP contribution in [0.25, 0.3) is 0 Å². The van der Waals surface area contributed by atoms with Gasteiger partial charge in [-0.25, -0.2) is 4.98 Å². The van der Waals surface area contributed by atoms with Gasteiger partial charge in [-0.3, -0.25) is 4.79 Å². The normalized spacial score (nSPS) is 15.7. The summed E-state index contributed by atoms with van der Waals surface area (Å²) in [7, 11) is 0. The molecule has 1 aliphatic heterocycles. The van der Waals surface area contributed by atoms with Crippen LogP contribution in [-0.4, -0.2) is 24.0 Å². The molecule has 6 heteroatoms. The number of aryl methyl sites for hydroxylation is 2. The molecule has 23 heavy (non-hydrogen) atoms. The first-order valence-electron chi connectivity index (χ1n) is 8.11. The minimum atomic E-state index is 0.000383. The number of carbonyl (C=O) groups is 1. The maximum Gasteiger partial charge on any atom is 0.263 e. The molecule has 0 radical (unpaired) electrons. The average Bonchev–Trinajstić information content (AvgIpc) is 3.12. The molecule has 1 saturated heterocycles. The van der Waals surface area contributed by atoms with Crippen molar-refractivity contribution in [3.63, 3.8) is 0 Å². The molecule has 1 amide bonds. The predicted octanol–water partition coefficient (Wildman–Crippen LogP) is 3.29. The first-order chi connectivity index (χ1) is 11.1. The minimum absolute atomic E-state index is 0.000383. The number of carbonyl (C=O) groups excluding carboxylic acids is 1. The number of aromatic nitrogens is 1. The highest BCUT2D eigenvalue weighted by atomic mass is 32.1. The molecule has 124 valence electrons. The third kappa shape index (κ3) is 4.40. The molecule has 0 unspecified atom stereocenters. The van der Waals surface area contributed by atoms with Gasteiger partial charge in [0.05, 0.1) is 10.7 Å². The lowest BCUT2D eigenvalue weighted by atomic mass is 9.95. The van der Waals surface area contributed by atoms with Crippen molar-refractivity contribution in [1.29, 1.82) is 0 Å². The van der Waals surface area contributed by atoms with Gasteiger partial charge >= 0.3 is 0 Å². The molecule has 0 bridgehead atoms. The van der Waals surface area contributed by atoms with Crippen LogP contribution < -0.4 is 10.6 Å². The summed E-state index contributed by atoms with van der Waals surface area (Å²) < 4.78 is 0. The number of hydrogen-bond acceptors (Lipinski definition) is 5. The van der Waals surface area contributed by atoms with Crippen LogP contribution in [0.4, 0.5) is 0 Å². The zero-order valence-corrected chi connectivity index (χ0v) is 15.3. The predicted molar refractivity (Wildman–Crippen MR) is 96.4 cm³/mol. The quantitative estimate of drug-likeness (QED) is 0.871. The average molecular weight is 350 g/mol. The maximum absolute atomic E-state index is 12.4. The van der Waals surface area contributed by atoms with Crippen LogP contribution >= 0.6 is 22.7 Å². The second kappa shape index (κ2) is 7.55. The van der Waals surface area contributed by atoms with Gasteiger partial charge in [0, 0.05) is 17.8 Å². The Morgan fingerprint density at radius 3 is 2.87 bits per heavy atom. The lowest BCUT2D eigenvalue weighted by Gasteiger charge is -2.21. The Labute approximate surface area is 145 Å². The molecular formula is C17H23N3OS2. The SMILES string of the molecule is Cc1cc(CNC(=O)c2sc(CC3CCNCC3)nc2C)cs1. The summed E-state index contributed by atoms with van der Waals surface area (Å²) in [6.45, 7) is 6.80. The fraction of sp³-hybridized carbons (Fsp3) is 0.529. The molecule has 0 atom stereocenters. The molecule has 0 spiro atoms. The Kier molecular flexibility index (Phi) is 5.46. The molecular weight excluding hydrogens is 326 g/mol. The standard InChI is InChI=1S/C17H23N3OS2/c1-11-7-14(10-22-11)9-19-17(21)16-12(2)20-15(23-16)8-13-3-5-18-6-4-13/h7,10,13,18H,3-6,8-9H2,1-2H3,(H,19,21). The summed E-state index contributed by atoms with van der Waals surface area (Å²) in [6, 6.07) is 2.12. The number of hydrogen-bond donors (Lipinski definition) is 2. The summed E-state index contributed by atoms with van der Waals surface area (Å²) in [5, 5.41) is 9.60. The number of amides is 1. The second-order valence-electron chi connectivity index (χ2n) is 6.17. The topological polar surface area (TPSA) is 54.0 Å². The number of rotatable bonds is 5. The molecule has 1 aliphatic rings. The van der Waals surface area contributed by atoms with Gasteiger partial charge in [0.25, 0.3) is 5.91 Å². The van der Waals surface area contributed by atoms with E-state index in [0.717, 1.165) is 40.7 Å². The molecule has 0 aromatic carbocycles. The first-order valence-corrected chi connectivity index (χ1v) is 9.80. The molecule has 2 aromatic rings. The Balaban J connectivity index is 1.59. The van der Waals surface area contributed by atoms with Crippen molar-refractivity contribution in [2.24, 2.45) is 5.92 Å². The lowest BCUT2D eigenvalue weighted by Crippen LogP contribution is -2.28. The van der Waals surface area contributed by atoms with E-state index >= 15 is 0 Å². The Bertz CT molecular complexity index is 671. The molecule has 0 saturated carbocycles. The summed E-state index contributed by atoms with van der Waals surface area (Å²) in [5.41, 5.74) is 2.02. The molecule has 3 heterocycles. The Morgan fingerprint density at radius 1 is 1.39 bits per heavy atom. The van der Waals surface area contributed by atoms with Gasteiger partial charge in [0.1, 0.15) is 4.88 Å². The van der Waals surface area contributed by atoms with E-state index in [4.69, 9.17) is 0 Å². The van der Waals surface area contributed by atoms with Gasteiger partial charge in [0.15, 0.2) is 0 Å². The van der Waals surface area contributed by atoms with E-state index in [1.807, 2.05) is 6.92 Å². The molecule has 0 aliphatic carbocycles. The van der Waals surface area contributed by atoms with Gasteiger partial charge < -0.3 is 10.6 Å². The van der Waals surface area contributed by atoms with E-state index in [-0.39, 0.29) is 5.91 Å². The van der Waals surface area contributed by atoms with Crippen molar-refractivity contribution >= 4 is 28.6 Å². The smallest absolute Gasteiger partial charge is 0.263 e.